The number of nitrogens with zero attached hydrogens (tertiary/aromatic N) is 3. The largest absolute Gasteiger partial charge is 0.326 e. The standard InChI is InChI=1S/C20H26N6O2.ClH/c1-26-20(24-18(25-26)13-8-10-21-11-9-13)23-17(27)7-6-15-12-14-4-2-3-5-16(14)22-19(15)28;/h2-5,13,15,21H,6-12H2,1H3,(H,22,28)(H,23,24,25,27);1H. The van der Waals surface area contributed by atoms with Gasteiger partial charge in [0.25, 0.3) is 0 Å². The molecule has 3 N–H and O–H groups in total. The summed E-state index contributed by atoms with van der Waals surface area (Å²) in [6, 6.07) is 7.80. The van der Waals surface area contributed by atoms with Crippen LogP contribution in [0.3, 0.4) is 0 Å². The number of hydrogen-bond acceptors (Lipinski definition) is 5. The summed E-state index contributed by atoms with van der Waals surface area (Å²) < 4.78 is 1.62. The van der Waals surface area contributed by atoms with Crippen molar-refractivity contribution >= 4 is 35.9 Å². The molecule has 0 spiro atoms. The van der Waals surface area contributed by atoms with E-state index in [9.17, 15) is 9.59 Å². The van der Waals surface area contributed by atoms with E-state index < -0.39 is 0 Å². The number of piperidine rings is 1. The monoisotopic (exact) mass is 418 g/mol. The van der Waals surface area contributed by atoms with Crippen LogP contribution in [0.4, 0.5) is 11.6 Å². The van der Waals surface area contributed by atoms with Gasteiger partial charge in [0.15, 0.2) is 5.82 Å². The predicted octanol–water partition coefficient (Wildman–Crippen LogP) is 2.23. The molecule has 29 heavy (non-hydrogen) atoms. The maximum atomic E-state index is 12.4. The van der Waals surface area contributed by atoms with Gasteiger partial charge in [0.2, 0.25) is 17.8 Å². The van der Waals surface area contributed by atoms with Crippen molar-refractivity contribution in [3.05, 3.63) is 35.7 Å². The van der Waals surface area contributed by atoms with Gasteiger partial charge in [-0.1, -0.05) is 18.2 Å². The lowest BCUT2D eigenvalue weighted by Crippen LogP contribution is -2.30. The average Bonchev–Trinajstić information content (AvgIpc) is 3.07. The highest BCUT2D eigenvalue weighted by Crippen LogP contribution is 2.28. The fourth-order valence-corrected chi connectivity index (χ4v) is 3.91. The van der Waals surface area contributed by atoms with Gasteiger partial charge in [0, 0.05) is 31.0 Å². The molecule has 0 aliphatic carbocycles. The van der Waals surface area contributed by atoms with Crippen molar-refractivity contribution in [2.24, 2.45) is 13.0 Å². The van der Waals surface area contributed by atoms with Crippen LogP contribution >= 0.6 is 12.4 Å². The molecule has 1 atom stereocenters. The van der Waals surface area contributed by atoms with Crippen LogP contribution in [0, 0.1) is 5.92 Å². The van der Waals surface area contributed by atoms with Crippen LogP contribution in [-0.4, -0.2) is 39.7 Å². The summed E-state index contributed by atoms with van der Waals surface area (Å²) >= 11 is 0. The number of carbonyl (C=O) groups is 2. The average molecular weight is 419 g/mol. The first-order valence-electron chi connectivity index (χ1n) is 9.90. The van der Waals surface area contributed by atoms with Gasteiger partial charge in [-0.15, -0.1) is 12.4 Å². The van der Waals surface area contributed by atoms with Crippen LogP contribution in [0.5, 0.6) is 0 Å². The Hall–Kier alpha value is -2.45. The first-order valence-corrected chi connectivity index (χ1v) is 9.90. The van der Waals surface area contributed by atoms with Crippen molar-refractivity contribution in [2.75, 3.05) is 23.7 Å². The number of rotatable bonds is 5. The van der Waals surface area contributed by atoms with Crippen molar-refractivity contribution in [1.82, 2.24) is 20.1 Å². The van der Waals surface area contributed by atoms with Crippen LogP contribution in [0.2, 0.25) is 0 Å². The third kappa shape index (κ3) is 4.94. The van der Waals surface area contributed by atoms with Gasteiger partial charge in [-0.25, -0.2) is 4.68 Å². The Morgan fingerprint density at radius 1 is 1.28 bits per heavy atom. The van der Waals surface area contributed by atoms with Gasteiger partial charge in [-0.2, -0.15) is 10.1 Å². The van der Waals surface area contributed by atoms with Crippen molar-refractivity contribution in [1.29, 1.82) is 0 Å². The summed E-state index contributed by atoms with van der Waals surface area (Å²) in [6.07, 6.45) is 3.46. The summed E-state index contributed by atoms with van der Waals surface area (Å²) in [7, 11) is 1.79. The quantitative estimate of drug-likeness (QED) is 0.691. The third-order valence-corrected chi connectivity index (χ3v) is 5.57. The fourth-order valence-electron chi connectivity index (χ4n) is 3.91. The molecule has 2 aliphatic heterocycles. The molecular weight excluding hydrogens is 392 g/mol. The highest BCUT2D eigenvalue weighted by Gasteiger charge is 2.27. The molecule has 4 rings (SSSR count). The lowest BCUT2D eigenvalue weighted by atomic mass is 9.89. The first kappa shape index (κ1) is 21.3. The Morgan fingerprint density at radius 2 is 2.03 bits per heavy atom. The number of hydrogen-bond donors (Lipinski definition) is 3. The topological polar surface area (TPSA) is 101 Å². The minimum Gasteiger partial charge on any atom is -0.326 e. The number of halogens is 1. The van der Waals surface area contributed by atoms with Crippen LogP contribution < -0.4 is 16.0 Å². The van der Waals surface area contributed by atoms with Crippen LogP contribution in [0.1, 0.15) is 43.0 Å². The highest BCUT2D eigenvalue weighted by molar-refractivity contribution is 5.96. The van der Waals surface area contributed by atoms with Gasteiger partial charge in [-0.3, -0.25) is 14.9 Å². The summed E-state index contributed by atoms with van der Waals surface area (Å²) in [5.41, 5.74) is 1.99. The highest BCUT2D eigenvalue weighted by atomic mass is 35.5. The smallest absolute Gasteiger partial charge is 0.227 e. The zero-order valence-electron chi connectivity index (χ0n) is 16.5. The Kier molecular flexibility index (Phi) is 6.87. The number of anilines is 2. The maximum absolute atomic E-state index is 12.4. The van der Waals surface area contributed by atoms with E-state index in [2.05, 4.69) is 26.0 Å². The van der Waals surface area contributed by atoms with Crippen LogP contribution in [-0.2, 0) is 23.1 Å². The van der Waals surface area contributed by atoms with E-state index in [0.717, 1.165) is 43.0 Å². The predicted molar refractivity (Wildman–Crippen MR) is 113 cm³/mol. The molecule has 0 bridgehead atoms. The van der Waals surface area contributed by atoms with E-state index in [1.807, 2.05) is 24.3 Å². The molecule has 8 nitrogen and oxygen atoms in total. The molecule has 1 unspecified atom stereocenters. The molecule has 0 radical (unpaired) electrons. The third-order valence-electron chi connectivity index (χ3n) is 5.57. The number of aromatic nitrogens is 3. The molecule has 1 aromatic carbocycles. The van der Waals surface area contributed by atoms with Crippen molar-refractivity contribution in [3.63, 3.8) is 0 Å². The Balaban J connectivity index is 0.00000240. The molecular formula is C20H27ClN6O2. The molecule has 9 heteroatoms. The fraction of sp³-hybridized carbons (Fsp3) is 0.500. The zero-order valence-corrected chi connectivity index (χ0v) is 17.3. The number of nitrogens with one attached hydrogen (secondary N) is 3. The summed E-state index contributed by atoms with van der Waals surface area (Å²) in [5.74, 6) is 1.26. The minimum atomic E-state index is -0.189. The summed E-state index contributed by atoms with van der Waals surface area (Å²) in [4.78, 5) is 29.2. The molecule has 2 aliphatic rings. The molecule has 3 heterocycles. The normalized spacial score (nSPS) is 19.1. The van der Waals surface area contributed by atoms with E-state index >= 15 is 0 Å². The summed E-state index contributed by atoms with van der Waals surface area (Å²) in [6.45, 7) is 1.94. The molecule has 156 valence electrons. The van der Waals surface area contributed by atoms with Gasteiger partial charge in [0.1, 0.15) is 0 Å². The van der Waals surface area contributed by atoms with Gasteiger partial charge < -0.3 is 10.6 Å². The Morgan fingerprint density at radius 3 is 2.83 bits per heavy atom. The van der Waals surface area contributed by atoms with Crippen molar-refractivity contribution < 1.29 is 9.59 Å². The lowest BCUT2D eigenvalue weighted by molar-refractivity contribution is -0.121. The second kappa shape index (κ2) is 9.37. The molecule has 0 saturated carbocycles. The molecule has 1 fully saturated rings. The van der Waals surface area contributed by atoms with Gasteiger partial charge in [0.05, 0.1) is 0 Å². The number of para-hydroxylation sites is 1. The lowest BCUT2D eigenvalue weighted by Gasteiger charge is -2.24. The minimum absolute atomic E-state index is 0. The Bertz CT molecular complexity index is 878. The van der Waals surface area contributed by atoms with Gasteiger partial charge >= 0.3 is 0 Å². The van der Waals surface area contributed by atoms with E-state index in [1.54, 1.807) is 11.7 Å². The second-order valence-corrected chi connectivity index (χ2v) is 7.58. The van der Waals surface area contributed by atoms with Crippen molar-refractivity contribution in [2.45, 2.75) is 38.0 Å². The van der Waals surface area contributed by atoms with Gasteiger partial charge in [-0.05, 0) is 50.4 Å². The molecule has 1 aromatic heterocycles. The van der Waals surface area contributed by atoms with Crippen LogP contribution in [0.15, 0.2) is 24.3 Å². The number of amides is 2. The number of fused-ring (bicyclic) bond motifs is 1. The first-order chi connectivity index (χ1) is 13.6. The second-order valence-electron chi connectivity index (χ2n) is 7.58. The molecule has 2 aromatic rings. The molecule has 2 amide bonds. The number of benzene rings is 1. The Labute approximate surface area is 176 Å². The SMILES string of the molecule is Cl.Cn1nc(C2CCNCC2)nc1NC(=O)CCC1Cc2ccccc2NC1=O. The van der Waals surface area contributed by atoms with E-state index in [-0.39, 0.29) is 36.6 Å². The van der Waals surface area contributed by atoms with E-state index in [1.165, 1.54) is 0 Å². The maximum Gasteiger partial charge on any atom is 0.227 e. The zero-order chi connectivity index (χ0) is 19.5. The number of carbonyl (C=O) groups excluding carboxylic acids is 2. The molecule has 1 saturated heterocycles. The number of aryl methyl sites for hydroxylation is 1. The van der Waals surface area contributed by atoms with E-state index in [4.69, 9.17) is 0 Å². The van der Waals surface area contributed by atoms with Crippen LogP contribution in [0.25, 0.3) is 0 Å². The summed E-state index contributed by atoms with van der Waals surface area (Å²) in [5, 5.41) is 13.6. The van der Waals surface area contributed by atoms with E-state index in [0.29, 0.717) is 24.7 Å². The van der Waals surface area contributed by atoms with Crippen molar-refractivity contribution in [3.8, 4) is 0 Å².